The first-order chi connectivity index (χ1) is 12.7. The first-order valence-corrected chi connectivity index (χ1v) is 9.43. The molecule has 2 aromatic rings. The third kappa shape index (κ3) is 7.46. The molecule has 0 saturated heterocycles. The molecule has 0 amide bonds. The van der Waals surface area contributed by atoms with Crippen molar-refractivity contribution in [1.82, 2.24) is 5.32 Å². The van der Waals surface area contributed by atoms with Crippen molar-refractivity contribution in [2.75, 3.05) is 19.8 Å². The van der Waals surface area contributed by atoms with Crippen molar-refractivity contribution in [1.29, 1.82) is 0 Å². The molecule has 142 valence electrons. The van der Waals surface area contributed by atoms with Gasteiger partial charge in [-0.05, 0) is 57.0 Å². The van der Waals surface area contributed by atoms with Crippen LogP contribution in [0.5, 0.6) is 11.5 Å². The van der Waals surface area contributed by atoms with Crippen molar-refractivity contribution in [3.63, 3.8) is 0 Å². The molecule has 0 aliphatic carbocycles. The summed E-state index contributed by atoms with van der Waals surface area (Å²) < 4.78 is 17.3. The molecule has 0 radical (unpaired) electrons. The van der Waals surface area contributed by atoms with E-state index in [1.54, 1.807) is 0 Å². The summed E-state index contributed by atoms with van der Waals surface area (Å²) in [6, 6.07) is 16.3. The zero-order valence-electron chi connectivity index (χ0n) is 16.2. The Balaban J connectivity index is 1.84. The molecular weight excluding hydrogens is 326 g/mol. The van der Waals surface area contributed by atoms with Gasteiger partial charge in [0.2, 0.25) is 0 Å². The number of rotatable bonds is 12. The normalized spacial score (nSPS) is 10.9. The highest BCUT2D eigenvalue weighted by molar-refractivity contribution is 5.43. The molecule has 0 unspecified atom stereocenters. The molecule has 0 aliphatic rings. The van der Waals surface area contributed by atoms with Gasteiger partial charge in [0.1, 0.15) is 6.61 Å². The predicted octanol–water partition coefficient (Wildman–Crippen LogP) is 4.57. The summed E-state index contributed by atoms with van der Waals surface area (Å²) in [6.45, 7) is 9.79. The summed E-state index contributed by atoms with van der Waals surface area (Å²) in [5.41, 5.74) is 2.33. The summed E-state index contributed by atoms with van der Waals surface area (Å²) in [5, 5.41) is 3.45. The Morgan fingerprint density at radius 2 is 1.73 bits per heavy atom. The van der Waals surface area contributed by atoms with Crippen molar-refractivity contribution < 1.29 is 14.2 Å². The molecule has 0 fully saturated rings. The van der Waals surface area contributed by atoms with Gasteiger partial charge in [0.05, 0.1) is 12.7 Å². The van der Waals surface area contributed by atoms with Crippen molar-refractivity contribution in [2.45, 2.75) is 46.4 Å². The van der Waals surface area contributed by atoms with Crippen LogP contribution in [-0.4, -0.2) is 25.9 Å². The Hall–Kier alpha value is -2.04. The predicted molar refractivity (Wildman–Crippen MR) is 106 cm³/mol. The molecule has 0 spiro atoms. The summed E-state index contributed by atoms with van der Waals surface area (Å²) >= 11 is 0. The average Bonchev–Trinajstić information content (AvgIpc) is 2.65. The fourth-order valence-electron chi connectivity index (χ4n) is 2.53. The van der Waals surface area contributed by atoms with Crippen LogP contribution in [0.2, 0.25) is 0 Å². The van der Waals surface area contributed by atoms with E-state index in [0.29, 0.717) is 19.3 Å². The average molecular weight is 357 g/mol. The van der Waals surface area contributed by atoms with Gasteiger partial charge in [0, 0.05) is 13.2 Å². The minimum Gasteiger partial charge on any atom is -0.490 e. The topological polar surface area (TPSA) is 39.7 Å². The standard InChI is InChI=1S/C22H31NO3/c1-4-24-22-15-20(16-23-13-8-14-25-18(2)3)11-12-21(22)26-17-19-9-6-5-7-10-19/h5-7,9-12,15,18,23H,4,8,13-14,16-17H2,1-3H3. The van der Waals surface area contributed by atoms with Gasteiger partial charge in [-0.3, -0.25) is 0 Å². The van der Waals surface area contributed by atoms with E-state index in [1.807, 2.05) is 31.2 Å². The summed E-state index contributed by atoms with van der Waals surface area (Å²) in [7, 11) is 0. The molecule has 2 rings (SSSR count). The smallest absolute Gasteiger partial charge is 0.161 e. The number of ether oxygens (including phenoxy) is 3. The SMILES string of the molecule is CCOc1cc(CNCCCOC(C)C)ccc1OCc1ccccc1. The molecule has 2 aromatic carbocycles. The van der Waals surface area contributed by atoms with Crippen molar-refractivity contribution >= 4 is 0 Å². The van der Waals surface area contributed by atoms with E-state index in [-0.39, 0.29) is 0 Å². The molecule has 0 heterocycles. The monoisotopic (exact) mass is 357 g/mol. The summed E-state index contributed by atoms with van der Waals surface area (Å²) in [6.07, 6.45) is 1.31. The third-order valence-corrected chi connectivity index (χ3v) is 3.82. The van der Waals surface area contributed by atoms with E-state index in [2.05, 4.69) is 43.4 Å². The van der Waals surface area contributed by atoms with E-state index in [0.717, 1.165) is 43.2 Å². The van der Waals surface area contributed by atoms with Gasteiger partial charge in [-0.15, -0.1) is 0 Å². The van der Waals surface area contributed by atoms with Crippen LogP contribution < -0.4 is 14.8 Å². The van der Waals surface area contributed by atoms with E-state index < -0.39 is 0 Å². The lowest BCUT2D eigenvalue weighted by molar-refractivity contribution is 0.0770. The van der Waals surface area contributed by atoms with Crippen LogP contribution in [0.4, 0.5) is 0 Å². The van der Waals surface area contributed by atoms with Crippen LogP contribution in [0.25, 0.3) is 0 Å². The number of nitrogens with one attached hydrogen (secondary N) is 1. The Morgan fingerprint density at radius 3 is 2.46 bits per heavy atom. The van der Waals surface area contributed by atoms with Crippen molar-refractivity contribution in [3.8, 4) is 11.5 Å². The maximum Gasteiger partial charge on any atom is 0.161 e. The van der Waals surface area contributed by atoms with Gasteiger partial charge in [-0.25, -0.2) is 0 Å². The minimum absolute atomic E-state index is 0.298. The highest BCUT2D eigenvalue weighted by atomic mass is 16.5. The second kappa shape index (κ2) is 11.6. The Morgan fingerprint density at radius 1 is 0.923 bits per heavy atom. The van der Waals surface area contributed by atoms with Crippen LogP contribution in [0, 0.1) is 0 Å². The molecule has 1 N–H and O–H groups in total. The first-order valence-electron chi connectivity index (χ1n) is 9.43. The first kappa shape index (κ1) is 20.3. The van der Waals surface area contributed by atoms with Gasteiger partial charge in [0.15, 0.2) is 11.5 Å². The van der Waals surface area contributed by atoms with Crippen LogP contribution in [0.15, 0.2) is 48.5 Å². The van der Waals surface area contributed by atoms with Gasteiger partial charge in [-0.2, -0.15) is 0 Å². The highest BCUT2D eigenvalue weighted by Gasteiger charge is 2.07. The lowest BCUT2D eigenvalue weighted by Crippen LogP contribution is -2.17. The quantitative estimate of drug-likeness (QED) is 0.565. The van der Waals surface area contributed by atoms with Crippen molar-refractivity contribution in [3.05, 3.63) is 59.7 Å². The molecule has 26 heavy (non-hydrogen) atoms. The maximum absolute atomic E-state index is 5.95. The lowest BCUT2D eigenvalue weighted by atomic mass is 10.2. The van der Waals surface area contributed by atoms with Crippen LogP contribution >= 0.6 is 0 Å². The van der Waals surface area contributed by atoms with E-state index in [4.69, 9.17) is 14.2 Å². The highest BCUT2D eigenvalue weighted by Crippen LogP contribution is 2.29. The van der Waals surface area contributed by atoms with E-state index in [1.165, 1.54) is 5.56 Å². The molecule has 0 aromatic heterocycles. The number of benzene rings is 2. The van der Waals surface area contributed by atoms with Crippen molar-refractivity contribution in [2.24, 2.45) is 0 Å². The number of hydrogen-bond donors (Lipinski definition) is 1. The Bertz CT molecular complexity index is 629. The molecule has 0 saturated carbocycles. The maximum atomic E-state index is 5.95. The van der Waals surface area contributed by atoms with E-state index in [9.17, 15) is 0 Å². The molecule has 0 aliphatic heterocycles. The van der Waals surface area contributed by atoms with Crippen LogP contribution in [0.1, 0.15) is 38.3 Å². The second-order valence-corrected chi connectivity index (χ2v) is 6.44. The number of hydrogen-bond acceptors (Lipinski definition) is 4. The van der Waals surface area contributed by atoms with Gasteiger partial charge in [0.25, 0.3) is 0 Å². The van der Waals surface area contributed by atoms with Gasteiger partial charge in [-0.1, -0.05) is 36.4 Å². The zero-order valence-corrected chi connectivity index (χ0v) is 16.2. The summed E-state index contributed by atoms with van der Waals surface area (Å²) in [4.78, 5) is 0. The minimum atomic E-state index is 0.298. The summed E-state index contributed by atoms with van der Waals surface area (Å²) in [5.74, 6) is 1.58. The van der Waals surface area contributed by atoms with Gasteiger partial charge < -0.3 is 19.5 Å². The molecule has 4 nitrogen and oxygen atoms in total. The van der Waals surface area contributed by atoms with Crippen LogP contribution in [0.3, 0.4) is 0 Å². The fraction of sp³-hybridized carbons (Fsp3) is 0.455. The third-order valence-electron chi connectivity index (χ3n) is 3.82. The Labute approximate surface area is 157 Å². The molecule has 4 heteroatoms. The van der Waals surface area contributed by atoms with Crippen LogP contribution in [-0.2, 0) is 17.9 Å². The second-order valence-electron chi connectivity index (χ2n) is 6.44. The largest absolute Gasteiger partial charge is 0.490 e. The lowest BCUT2D eigenvalue weighted by Gasteiger charge is -2.14. The Kier molecular flexibility index (Phi) is 9.01. The molecule has 0 bridgehead atoms. The fourth-order valence-corrected chi connectivity index (χ4v) is 2.53. The van der Waals surface area contributed by atoms with E-state index >= 15 is 0 Å². The van der Waals surface area contributed by atoms with Gasteiger partial charge >= 0.3 is 0 Å². The zero-order chi connectivity index (χ0) is 18.6. The molecule has 0 atom stereocenters. The molecular formula is C22H31NO3.